The van der Waals surface area contributed by atoms with Crippen LogP contribution in [0, 0.1) is 0 Å². The van der Waals surface area contributed by atoms with Crippen molar-refractivity contribution in [2.45, 2.75) is 6.92 Å². The molecular weight excluding hydrogens is 152 g/mol. The van der Waals surface area contributed by atoms with Crippen molar-refractivity contribution in [2.24, 2.45) is 10.8 Å². The molecule has 0 aliphatic carbocycles. The molecule has 3 N–H and O–H groups in total. The topological polar surface area (TPSA) is 63.3 Å². The smallest absolute Gasteiger partial charge is 0.161 e. The van der Waals surface area contributed by atoms with Crippen LogP contribution < -0.4 is 11.3 Å². The van der Waals surface area contributed by atoms with Gasteiger partial charge in [-0.3, -0.25) is 9.98 Å². The lowest BCUT2D eigenvalue weighted by molar-refractivity contribution is 0.981. The van der Waals surface area contributed by atoms with Crippen molar-refractivity contribution in [3.63, 3.8) is 0 Å². The molecule has 0 amide bonds. The normalized spacial score (nSPS) is 11.3. The summed E-state index contributed by atoms with van der Waals surface area (Å²) in [4.78, 5) is 8.23. The van der Waals surface area contributed by atoms with Crippen molar-refractivity contribution in [3.8, 4) is 0 Å². The molecule has 0 fully saturated rings. The third kappa shape index (κ3) is 2.03. The molecule has 0 saturated heterocycles. The fourth-order valence-corrected chi connectivity index (χ4v) is 0.862. The zero-order chi connectivity index (χ0) is 8.81. The lowest BCUT2D eigenvalue weighted by Gasteiger charge is -2.02. The van der Waals surface area contributed by atoms with E-state index in [4.69, 9.17) is 5.84 Å². The number of aromatic nitrogens is 1. The van der Waals surface area contributed by atoms with Gasteiger partial charge in [-0.25, -0.2) is 5.84 Å². The maximum Gasteiger partial charge on any atom is 0.161 e. The summed E-state index contributed by atoms with van der Waals surface area (Å²) in [6.07, 6.45) is 1.71. The van der Waals surface area contributed by atoms with Crippen LogP contribution in [0.5, 0.6) is 0 Å². The van der Waals surface area contributed by atoms with Gasteiger partial charge in [0, 0.05) is 12.7 Å². The summed E-state index contributed by atoms with van der Waals surface area (Å²) in [7, 11) is 0. The summed E-state index contributed by atoms with van der Waals surface area (Å²) in [6.45, 7) is 2.64. The van der Waals surface area contributed by atoms with Crippen LogP contribution in [0.1, 0.15) is 12.6 Å². The first kappa shape index (κ1) is 8.67. The summed E-state index contributed by atoms with van der Waals surface area (Å²) < 4.78 is 0. The predicted octanol–water partition coefficient (Wildman–Crippen LogP) is 0.311. The second-order valence-corrected chi connectivity index (χ2v) is 2.18. The van der Waals surface area contributed by atoms with Crippen LogP contribution in [0.15, 0.2) is 29.4 Å². The molecule has 0 aromatic carbocycles. The molecule has 0 saturated carbocycles. The Morgan fingerprint density at radius 3 is 3.00 bits per heavy atom. The van der Waals surface area contributed by atoms with Gasteiger partial charge in [-0.1, -0.05) is 6.07 Å². The Labute approximate surface area is 71.5 Å². The van der Waals surface area contributed by atoms with Crippen molar-refractivity contribution in [1.82, 2.24) is 10.4 Å². The van der Waals surface area contributed by atoms with Gasteiger partial charge < -0.3 is 5.43 Å². The summed E-state index contributed by atoms with van der Waals surface area (Å²) >= 11 is 0. The second kappa shape index (κ2) is 4.46. The Bertz CT molecular complexity index is 255. The molecule has 0 aliphatic heterocycles. The zero-order valence-corrected chi connectivity index (χ0v) is 6.99. The van der Waals surface area contributed by atoms with E-state index < -0.39 is 0 Å². The van der Waals surface area contributed by atoms with E-state index in [2.05, 4.69) is 15.4 Å². The number of nitrogens with two attached hydrogens (primary N) is 1. The van der Waals surface area contributed by atoms with E-state index in [0.717, 1.165) is 5.69 Å². The number of nitrogens with one attached hydrogen (secondary N) is 1. The summed E-state index contributed by atoms with van der Waals surface area (Å²) in [5.74, 6) is 5.89. The molecule has 0 unspecified atom stereocenters. The zero-order valence-electron chi connectivity index (χ0n) is 6.99. The highest BCUT2D eigenvalue weighted by molar-refractivity contribution is 5.96. The Kier molecular flexibility index (Phi) is 3.22. The molecule has 0 radical (unpaired) electrons. The van der Waals surface area contributed by atoms with Gasteiger partial charge in [0.25, 0.3) is 0 Å². The molecule has 0 aliphatic rings. The standard InChI is InChI=1S/C8H12N4/c1-2-10-8(12-9)7-5-3-4-6-11-7/h3-6H,2,9H2,1H3,(H,10,12). The fraction of sp³-hybridized carbons (Fsp3) is 0.250. The Morgan fingerprint density at radius 1 is 1.67 bits per heavy atom. The summed E-state index contributed by atoms with van der Waals surface area (Å²) in [6, 6.07) is 5.60. The summed E-state index contributed by atoms with van der Waals surface area (Å²) in [5, 5.41) is 0. The van der Waals surface area contributed by atoms with E-state index in [1.165, 1.54) is 0 Å². The van der Waals surface area contributed by atoms with Gasteiger partial charge in [0.2, 0.25) is 0 Å². The maximum atomic E-state index is 5.27. The molecule has 0 spiro atoms. The molecule has 64 valence electrons. The third-order valence-electron chi connectivity index (χ3n) is 1.36. The summed E-state index contributed by atoms with van der Waals surface area (Å²) in [5.41, 5.74) is 3.27. The average Bonchev–Trinajstić information content (AvgIpc) is 2.15. The van der Waals surface area contributed by atoms with Gasteiger partial charge in [0.05, 0.1) is 0 Å². The first-order valence-electron chi connectivity index (χ1n) is 3.81. The number of hydrogen-bond donors (Lipinski definition) is 2. The predicted molar refractivity (Wildman–Crippen MR) is 48.6 cm³/mol. The van der Waals surface area contributed by atoms with Crippen molar-refractivity contribution < 1.29 is 0 Å². The van der Waals surface area contributed by atoms with Gasteiger partial charge >= 0.3 is 0 Å². The van der Waals surface area contributed by atoms with Crippen molar-refractivity contribution in [3.05, 3.63) is 30.1 Å². The SMILES string of the molecule is CCN=C(NN)c1ccccn1. The molecular formula is C8H12N4. The molecule has 4 heteroatoms. The maximum absolute atomic E-state index is 5.27. The van der Waals surface area contributed by atoms with Crippen molar-refractivity contribution in [1.29, 1.82) is 0 Å². The average molecular weight is 164 g/mol. The Morgan fingerprint density at radius 2 is 2.50 bits per heavy atom. The third-order valence-corrected chi connectivity index (χ3v) is 1.36. The molecule has 4 nitrogen and oxygen atoms in total. The van der Waals surface area contributed by atoms with Crippen LogP contribution >= 0.6 is 0 Å². The number of hydrogen-bond acceptors (Lipinski definition) is 3. The molecule has 1 heterocycles. The van der Waals surface area contributed by atoms with E-state index in [9.17, 15) is 0 Å². The Hall–Kier alpha value is -1.42. The van der Waals surface area contributed by atoms with Gasteiger partial charge in [-0.2, -0.15) is 0 Å². The minimum atomic E-state index is 0.623. The number of hydrazine groups is 1. The first-order chi connectivity index (χ1) is 5.88. The first-order valence-corrected chi connectivity index (χ1v) is 3.81. The van der Waals surface area contributed by atoms with Gasteiger partial charge in [-0.15, -0.1) is 0 Å². The minimum Gasteiger partial charge on any atom is -0.307 e. The van der Waals surface area contributed by atoms with E-state index in [1.54, 1.807) is 6.20 Å². The lowest BCUT2D eigenvalue weighted by Crippen LogP contribution is -2.31. The van der Waals surface area contributed by atoms with E-state index >= 15 is 0 Å². The highest BCUT2D eigenvalue weighted by Gasteiger charge is 1.99. The molecule has 1 aromatic rings. The monoisotopic (exact) mass is 164 g/mol. The number of amidine groups is 1. The van der Waals surface area contributed by atoms with Crippen molar-refractivity contribution in [2.75, 3.05) is 6.54 Å². The van der Waals surface area contributed by atoms with Gasteiger partial charge in [0.15, 0.2) is 5.84 Å². The molecule has 12 heavy (non-hydrogen) atoms. The van der Waals surface area contributed by atoms with Gasteiger partial charge in [-0.05, 0) is 19.1 Å². The Balaban J connectivity index is 2.88. The van der Waals surface area contributed by atoms with E-state index in [1.807, 2.05) is 25.1 Å². The molecule has 0 bridgehead atoms. The molecule has 1 aromatic heterocycles. The van der Waals surface area contributed by atoms with Gasteiger partial charge in [0.1, 0.15) is 5.69 Å². The van der Waals surface area contributed by atoms with E-state index in [0.29, 0.717) is 12.4 Å². The number of rotatable bonds is 2. The van der Waals surface area contributed by atoms with Crippen LogP contribution in [0.2, 0.25) is 0 Å². The lowest BCUT2D eigenvalue weighted by atomic mass is 10.3. The fourth-order valence-electron chi connectivity index (χ4n) is 0.862. The van der Waals surface area contributed by atoms with Crippen LogP contribution in [0.3, 0.4) is 0 Å². The van der Waals surface area contributed by atoms with Crippen LogP contribution in [0.25, 0.3) is 0 Å². The van der Waals surface area contributed by atoms with Crippen LogP contribution in [0.4, 0.5) is 0 Å². The van der Waals surface area contributed by atoms with Crippen LogP contribution in [-0.2, 0) is 0 Å². The molecule has 0 atom stereocenters. The second-order valence-electron chi connectivity index (χ2n) is 2.18. The minimum absolute atomic E-state index is 0.623. The van der Waals surface area contributed by atoms with Crippen molar-refractivity contribution >= 4 is 5.84 Å². The number of nitrogens with zero attached hydrogens (tertiary/aromatic N) is 2. The van der Waals surface area contributed by atoms with Crippen LogP contribution in [-0.4, -0.2) is 17.4 Å². The largest absolute Gasteiger partial charge is 0.307 e. The number of aliphatic imine (C=N–C) groups is 1. The molecule has 1 rings (SSSR count). The highest BCUT2D eigenvalue weighted by Crippen LogP contribution is 1.93. The highest BCUT2D eigenvalue weighted by atomic mass is 15.3. The quantitative estimate of drug-likeness (QED) is 0.286. The van der Waals surface area contributed by atoms with E-state index in [-0.39, 0.29) is 0 Å². The number of pyridine rings is 1.